The zero-order chi connectivity index (χ0) is 18.3. The SMILES string of the molecule is CCCCCCC/C(C)=N\NC(=O)CC(=O)NCCc1ccccc1. The first-order valence-corrected chi connectivity index (χ1v) is 9.24. The lowest BCUT2D eigenvalue weighted by atomic mass is 10.1. The van der Waals surface area contributed by atoms with Crippen molar-refractivity contribution >= 4 is 17.5 Å². The molecule has 0 aliphatic carbocycles. The summed E-state index contributed by atoms with van der Waals surface area (Å²) in [6, 6.07) is 9.92. The van der Waals surface area contributed by atoms with Crippen LogP contribution in [0.1, 0.15) is 64.4 Å². The molecule has 5 nitrogen and oxygen atoms in total. The van der Waals surface area contributed by atoms with Gasteiger partial charge in [-0.3, -0.25) is 9.59 Å². The van der Waals surface area contributed by atoms with Crippen LogP contribution in [0.3, 0.4) is 0 Å². The molecule has 138 valence electrons. The highest BCUT2D eigenvalue weighted by Gasteiger charge is 2.08. The number of carbonyl (C=O) groups excluding carboxylic acids is 2. The molecule has 2 amide bonds. The van der Waals surface area contributed by atoms with Crippen molar-refractivity contribution in [3.8, 4) is 0 Å². The molecule has 1 aromatic carbocycles. The second-order valence-electron chi connectivity index (χ2n) is 6.31. The number of benzene rings is 1. The van der Waals surface area contributed by atoms with Crippen molar-refractivity contribution in [2.24, 2.45) is 5.10 Å². The van der Waals surface area contributed by atoms with E-state index in [1.54, 1.807) is 0 Å². The van der Waals surface area contributed by atoms with Crippen LogP contribution in [-0.4, -0.2) is 24.1 Å². The number of rotatable bonds is 12. The summed E-state index contributed by atoms with van der Waals surface area (Å²) in [4.78, 5) is 23.5. The first-order valence-electron chi connectivity index (χ1n) is 9.24. The first-order chi connectivity index (χ1) is 12.1. The van der Waals surface area contributed by atoms with E-state index < -0.39 is 0 Å². The molecule has 0 bridgehead atoms. The molecular weight excluding hydrogens is 314 g/mol. The van der Waals surface area contributed by atoms with Gasteiger partial charge in [0.1, 0.15) is 6.42 Å². The molecule has 25 heavy (non-hydrogen) atoms. The second kappa shape index (κ2) is 13.2. The number of amides is 2. The van der Waals surface area contributed by atoms with Crippen LogP contribution in [0.15, 0.2) is 35.4 Å². The molecule has 0 radical (unpaired) electrons. The fraction of sp³-hybridized carbons (Fsp3) is 0.550. The Bertz CT molecular complexity index is 541. The number of hydrogen-bond acceptors (Lipinski definition) is 3. The topological polar surface area (TPSA) is 70.6 Å². The van der Waals surface area contributed by atoms with E-state index in [0.717, 1.165) is 30.5 Å². The summed E-state index contributed by atoms with van der Waals surface area (Å²) in [5.41, 5.74) is 4.52. The van der Waals surface area contributed by atoms with Gasteiger partial charge in [0.15, 0.2) is 0 Å². The third-order valence-electron chi connectivity index (χ3n) is 3.91. The molecule has 0 fully saturated rings. The van der Waals surface area contributed by atoms with Crippen LogP contribution >= 0.6 is 0 Å². The van der Waals surface area contributed by atoms with Crippen molar-refractivity contribution in [3.05, 3.63) is 35.9 Å². The fourth-order valence-corrected chi connectivity index (χ4v) is 2.44. The molecule has 1 rings (SSSR count). The van der Waals surface area contributed by atoms with Crippen LogP contribution in [0.4, 0.5) is 0 Å². The van der Waals surface area contributed by atoms with E-state index in [1.165, 1.54) is 25.7 Å². The summed E-state index contributed by atoms with van der Waals surface area (Å²) < 4.78 is 0. The maximum atomic E-state index is 11.7. The zero-order valence-electron chi connectivity index (χ0n) is 15.5. The average molecular weight is 345 g/mol. The number of carbonyl (C=O) groups is 2. The Hall–Kier alpha value is -2.17. The van der Waals surface area contributed by atoms with Gasteiger partial charge in [-0.2, -0.15) is 5.10 Å². The molecule has 0 saturated carbocycles. The van der Waals surface area contributed by atoms with E-state index in [9.17, 15) is 9.59 Å². The van der Waals surface area contributed by atoms with Gasteiger partial charge in [-0.15, -0.1) is 0 Å². The fourth-order valence-electron chi connectivity index (χ4n) is 2.44. The lowest BCUT2D eigenvalue weighted by Crippen LogP contribution is -2.31. The number of nitrogens with zero attached hydrogens (tertiary/aromatic N) is 1. The van der Waals surface area contributed by atoms with Crippen molar-refractivity contribution in [1.82, 2.24) is 10.7 Å². The number of hydrazone groups is 1. The van der Waals surface area contributed by atoms with Crippen LogP contribution in [0.25, 0.3) is 0 Å². The van der Waals surface area contributed by atoms with E-state index in [2.05, 4.69) is 22.8 Å². The Balaban J connectivity index is 2.13. The van der Waals surface area contributed by atoms with E-state index in [0.29, 0.717) is 6.54 Å². The lowest BCUT2D eigenvalue weighted by Gasteiger charge is -2.05. The Morgan fingerprint density at radius 3 is 2.44 bits per heavy atom. The molecule has 0 aromatic heterocycles. The molecule has 0 unspecified atom stereocenters. The maximum Gasteiger partial charge on any atom is 0.249 e. The van der Waals surface area contributed by atoms with Gasteiger partial charge in [0, 0.05) is 12.3 Å². The predicted molar refractivity (Wildman–Crippen MR) is 102 cm³/mol. The highest BCUT2D eigenvalue weighted by molar-refractivity contribution is 5.97. The summed E-state index contributed by atoms with van der Waals surface area (Å²) in [6.45, 7) is 4.62. The second-order valence-corrected chi connectivity index (χ2v) is 6.31. The number of nitrogens with one attached hydrogen (secondary N) is 2. The monoisotopic (exact) mass is 345 g/mol. The first kappa shape index (κ1) is 20.9. The average Bonchev–Trinajstić information content (AvgIpc) is 2.60. The zero-order valence-corrected chi connectivity index (χ0v) is 15.5. The van der Waals surface area contributed by atoms with E-state index in [-0.39, 0.29) is 18.2 Å². The minimum absolute atomic E-state index is 0.192. The predicted octanol–water partition coefficient (Wildman–Crippen LogP) is 3.59. The normalized spacial score (nSPS) is 11.2. The van der Waals surface area contributed by atoms with Crippen molar-refractivity contribution in [3.63, 3.8) is 0 Å². The third-order valence-corrected chi connectivity index (χ3v) is 3.91. The molecule has 0 spiro atoms. The maximum absolute atomic E-state index is 11.7. The third kappa shape index (κ3) is 11.1. The van der Waals surface area contributed by atoms with E-state index in [4.69, 9.17) is 0 Å². The summed E-state index contributed by atoms with van der Waals surface area (Å²) >= 11 is 0. The number of hydrogen-bond donors (Lipinski definition) is 2. The van der Waals surface area contributed by atoms with Crippen LogP contribution in [0.2, 0.25) is 0 Å². The molecule has 0 atom stereocenters. The van der Waals surface area contributed by atoms with Gasteiger partial charge in [0.25, 0.3) is 0 Å². The molecule has 0 saturated heterocycles. The summed E-state index contributed by atoms with van der Waals surface area (Å²) in [6.07, 6.45) is 7.48. The van der Waals surface area contributed by atoms with Crippen molar-refractivity contribution < 1.29 is 9.59 Å². The van der Waals surface area contributed by atoms with Crippen molar-refractivity contribution in [2.45, 2.75) is 65.2 Å². The molecule has 0 aliphatic heterocycles. The molecule has 0 heterocycles. The van der Waals surface area contributed by atoms with Crippen molar-refractivity contribution in [1.29, 1.82) is 0 Å². The molecule has 5 heteroatoms. The van der Waals surface area contributed by atoms with Gasteiger partial charge in [-0.05, 0) is 31.7 Å². The Morgan fingerprint density at radius 2 is 1.72 bits per heavy atom. The lowest BCUT2D eigenvalue weighted by molar-refractivity contribution is -0.129. The van der Waals surface area contributed by atoms with E-state index >= 15 is 0 Å². The van der Waals surface area contributed by atoms with Gasteiger partial charge in [-0.25, -0.2) is 5.43 Å². The summed E-state index contributed by atoms with van der Waals surface area (Å²) in [7, 11) is 0. The molecule has 2 N–H and O–H groups in total. The highest BCUT2D eigenvalue weighted by Crippen LogP contribution is 2.05. The van der Waals surface area contributed by atoms with Crippen LogP contribution < -0.4 is 10.7 Å². The standard InChI is InChI=1S/C20H31N3O2/c1-3-4-5-6-8-11-17(2)22-23-20(25)16-19(24)21-15-14-18-12-9-7-10-13-18/h7,9-10,12-13H,3-6,8,11,14-16H2,1-2H3,(H,21,24)(H,23,25)/b22-17-. The minimum Gasteiger partial charge on any atom is -0.355 e. The van der Waals surface area contributed by atoms with Gasteiger partial charge in [0.05, 0.1) is 0 Å². The Labute approximate surface area is 151 Å². The largest absolute Gasteiger partial charge is 0.355 e. The minimum atomic E-state index is -0.373. The summed E-state index contributed by atoms with van der Waals surface area (Å²) in [5, 5.41) is 6.82. The van der Waals surface area contributed by atoms with Crippen LogP contribution in [0, 0.1) is 0 Å². The Kier molecular flexibility index (Phi) is 11.0. The van der Waals surface area contributed by atoms with Crippen LogP contribution in [0.5, 0.6) is 0 Å². The van der Waals surface area contributed by atoms with Crippen LogP contribution in [-0.2, 0) is 16.0 Å². The molecule has 0 aliphatic rings. The van der Waals surface area contributed by atoms with Crippen molar-refractivity contribution in [2.75, 3.05) is 6.54 Å². The molecular formula is C20H31N3O2. The van der Waals surface area contributed by atoms with Gasteiger partial charge in [0.2, 0.25) is 11.8 Å². The quantitative estimate of drug-likeness (QED) is 0.263. The summed E-state index contributed by atoms with van der Waals surface area (Å²) in [5.74, 6) is -0.650. The van der Waals surface area contributed by atoms with E-state index in [1.807, 2.05) is 37.3 Å². The smallest absolute Gasteiger partial charge is 0.249 e. The Morgan fingerprint density at radius 1 is 1.00 bits per heavy atom. The van der Waals surface area contributed by atoms with Gasteiger partial charge in [-0.1, -0.05) is 62.9 Å². The van der Waals surface area contributed by atoms with Gasteiger partial charge < -0.3 is 5.32 Å². The number of unbranched alkanes of at least 4 members (excludes halogenated alkanes) is 4. The van der Waals surface area contributed by atoms with Gasteiger partial charge >= 0.3 is 0 Å². The molecule has 1 aromatic rings. The highest BCUT2D eigenvalue weighted by atomic mass is 16.2.